The van der Waals surface area contributed by atoms with E-state index in [1.165, 1.54) is 11.1 Å². The molecule has 0 atom stereocenters. The van der Waals surface area contributed by atoms with Gasteiger partial charge in [0.25, 0.3) is 0 Å². The molecule has 0 saturated carbocycles. The van der Waals surface area contributed by atoms with Crippen molar-refractivity contribution in [1.29, 1.82) is 0 Å². The van der Waals surface area contributed by atoms with Crippen LogP contribution in [0.2, 0.25) is 0 Å². The standard InChI is InChI=1S/C18H24N2O/c1-5-19-18-8-6-7-15(20-18)12-21-17-11-14(4)9-10-16(17)13(2)3/h6-11,13H,5,12H2,1-4H3,(H,19,20). The lowest BCUT2D eigenvalue weighted by Gasteiger charge is -2.15. The van der Waals surface area contributed by atoms with Crippen molar-refractivity contribution in [2.24, 2.45) is 0 Å². The van der Waals surface area contributed by atoms with Crippen LogP contribution in [0.15, 0.2) is 36.4 Å². The van der Waals surface area contributed by atoms with E-state index in [0.29, 0.717) is 12.5 Å². The van der Waals surface area contributed by atoms with Gasteiger partial charge in [0.2, 0.25) is 0 Å². The van der Waals surface area contributed by atoms with Gasteiger partial charge in [-0.3, -0.25) is 0 Å². The van der Waals surface area contributed by atoms with E-state index in [1.54, 1.807) is 0 Å². The molecule has 112 valence electrons. The summed E-state index contributed by atoms with van der Waals surface area (Å²) >= 11 is 0. The van der Waals surface area contributed by atoms with E-state index in [-0.39, 0.29) is 0 Å². The number of anilines is 1. The molecule has 0 unspecified atom stereocenters. The van der Waals surface area contributed by atoms with Gasteiger partial charge in [0.15, 0.2) is 0 Å². The fourth-order valence-corrected chi connectivity index (χ4v) is 2.23. The monoisotopic (exact) mass is 284 g/mol. The maximum atomic E-state index is 6.01. The van der Waals surface area contributed by atoms with Gasteiger partial charge in [-0.25, -0.2) is 4.98 Å². The molecule has 2 aromatic rings. The van der Waals surface area contributed by atoms with Crippen molar-refractivity contribution in [3.05, 3.63) is 53.2 Å². The van der Waals surface area contributed by atoms with Crippen LogP contribution in [0, 0.1) is 6.92 Å². The zero-order chi connectivity index (χ0) is 15.2. The van der Waals surface area contributed by atoms with E-state index in [1.807, 2.05) is 18.2 Å². The Kier molecular flexibility index (Phi) is 5.20. The van der Waals surface area contributed by atoms with Crippen LogP contribution >= 0.6 is 0 Å². The van der Waals surface area contributed by atoms with E-state index in [2.05, 4.69) is 56.2 Å². The lowest BCUT2D eigenvalue weighted by Crippen LogP contribution is -2.05. The third-order valence-electron chi connectivity index (χ3n) is 3.33. The van der Waals surface area contributed by atoms with Gasteiger partial charge in [0.1, 0.15) is 18.2 Å². The van der Waals surface area contributed by atoms with Crippen molar-refractivity contribution in [2.75, 3.05) is 11.9 Å². The van der Waals surface area contributed by atoms with E-state index in [4.69, 9.17) is 4.74 Å². The molecule has 1 aromatic heterocycles. The molecule has 0 aliphatic rings. The first-order chi connectivity index (χ1) is 10.1. The lowest BCUT2D eigenvalue weighted by atomic mass is 10.0. The Morgan fingerprint density at radius 3 is 2.71 bits per heavy atom. The number of hydrogen-bond acceptors (Lipinski definition) is 3. The quantitative estimate of drug-likeness (QED) is 0.846. The summed E-state index contributed by atoms with van der Waals surface area (Å²) in [5.74, 6) is 2.30. The summed E-state index contributed by atoms with van der Waals surface area (Å²) in [5, 5.41) is 3.22. The Morgan fingerprint density at radius 2 is 2.00 bits per heavy atom. The largest absolute Gasteiger partial charge is 0.487 e. The molecule has 0 radical (unpaired) electrons. The van der Waals surface area contributed by atoms with Gasteiger partial charge in [-0.2, -0.15) is 0 Å². The summed E-state index contributed by atoms with van der Waals surface area (Å²) in [4.78, 5) is 4.54. The predicted molar refractivity (Wildman–Crippen MR) is 88.0 cm³/mol. The van der Waals surface area contributed by atoms with E-state index in [9.17, 15) is 0 Å². The number of nitrogens with one attached hydrogen (secondary N) is 1. The molecular formula is C18H24N2O. The number of hydrogen-bond donors (Lipinski definition) is 1. The van der Waals surface area contributed by atoms with Crippen molar-refractivity contribution < 1.29 is 4.74 Å². The Bertz CT molecular complexity index is 594. The number of pyridine rings is 1. The van der Waals surface area contributed by atoms with Crippen LogP contribution in [-0.4, -0.2) is 11.5 Å². The molecule has 0 spiro atoms. The van der Waals surface area contributed by atoms with E-state index in [0.717, 1.165) is 23.8 Å². The predicted octanol–water partition coefficient (Wildman–Crippen LogP) is 4.52. The second-order valence-electron chi connectivity index (χ2n) is 5.53. The highest BCUT2D eigenvalue weighted by Gasteiger charge is 2.08. The molecule has 3 nitrogen and oxygen atoms in total. The fourth-order valence-electron chi connectivity index (χ4n) is 2.23. The van der Waals surface area contributed by atoms with Crippen molar-refractivity contribution >= 4 is 5.82 Å². The molecule has 2 rings (SSSR count). The van der Waals surface area contributed by atoms with E-state index < -0.39 is 0 Å². The molecule has 1 heterocycles. The number of rotatable bonds is 6. The molecule has 0 amide bonds. The molecule has 0 bridgehead atoms. The second kappa shape index (κ2) is 7.11. The zero-order valence-electron chi connectivity index (χ0n) is 13.3. The van der Waals surface area contributed by atoms with Gasteiger partial charge < -0.3 is 10.1 Å². The van der Waals surface area contributed by atoms with Gasteiger partial charge in [-0.05, 0) is 49.1 Å². The Morgan fingerprint density at radius 1 is 1.19 bits per heavy atom. The highest BCUT2D eigenvalue weighted by atomic mass is 16.5. The Balaban J connectivity index is 2.12. The lowest BCUT2D eigenvalue weighted by molar-refractivity contribution is 0.297. The average Bonchev–Trinajstić information content (AvgIpc) is 2.45. The highest BCUT2D eigenvalue weighted by molar-refractivity contribution is 5.39. The third kappa shape index (κ3) is 4.22. The van der Waals surface area contributed by atoms with Crippen molar-refractivity contribution in [3.8, 4) is 5.75 Å². The minimum atomic E-state index is 0.446. The van der Waals surface area contributed by atoms with Gasteiger partial charge in [0.05, 0.1) is 5.69 Å². The SMILES string of the molecule is CCNc1cccc(COc2cc(C)ccc2C(C)C)n1. The summed E-state index contributed by atoms with van der Waals surface area (Å²) in [5.41, 5.74) is 3.39. The number of aromatic nitrogens is 1. The molecule has 1 N–H and O–H groups in total. The minimum absolute atomic E-state index is 0.446. The number of ether oxygens (including phenoxy) is 1. The van der Waals surface area contributed by atoms with Crippen LogP contribution in [0.25, 0.3) is 0 Å². The summed E-state index contributed by atoms with van der Waals surface area (Å²) in [7, 11) is 0. The summed E-state index contributed by atoms with van der Waals surface area (Å²) in [6.45, 7) is 9.87. The summed E-state index contributed by atoms with van der Waals surface area (Å²) in [6.07, 6.45) is 0. The normalized spacial score (nSPS) is 10.7. The third-order valence-corrected chi connectivity index (χ3v) is 3.33. The molecule has 0 aliphatic heterocycles. The van der Waals surface area contributed by atoms with Gasteiger partial charge in [-0.1, -0.05) is 32.0 Å². The molecule has 0 aliphatic carbocycles. The van der Waals surface area contributed by atoms with Crippen LogP contribution in [0.5, 0.6) is 5.75 Å². The number of benzene rings is 1. The van der Waals surface area contributed by atoms with Crippen LogP contribution in [0.3, 0.4) is 0 Å². The van der Waals surface area contributed by atoms with Crippen LogP contribution in [0.1, 0.15) is 43.5 Å². The van der Waals surface area contributed by atoms with Gasteiger partial charge in [-0.15, -0.1) is 0 Å². The van der Waals surface area contributed by atoms with Crippen LogP contribution < -0.4 is 10.1 Å². The molecule has 3 heteroatoms. The van der Waals surface area contributed by atoms with Crippen LogP contribution in [0.4, 0.5) is 5.82 Å². The van der Waals surface area contributed by atoms with Crippen LogP contribution in [-0.2, 0) is 6.61 Å². The summed E-state index contributed by atoms with van der Waals surface area (Å²) in [6, 6.07) is 12.3. The number of nitrogens with zero attached hydrogens (tertiary/aromatic N) is 1. The smallest absolute Gasteiger partial charge is 0.130 e. The van der Waals surface area contributed by atoms with Crippen molar-refractivity contribution in [1.82, 2.24) is 4.98 Å². The molecule has 0 saturated heterocycles. The zero-order valence-corrected chi connectivity index (χ0v) is 13.3. The first kappa shape index (κ1) is 15.4. The average molecular weight is 284 g/mol. The Labute approximate surface area is 127 Å². The fraction of sp³-hybridized carbons (Fsp3) is 0.389. The van der Waals surface area contributed by atoms with Gasteiger partial charge in [0, 0.05) is 6.54 Å². The molecule has 1 aromatic carbocycles. The number of aryl methyl sites for hydroxylation is 1. The molecular weight excluding hydrogens is 260 g/mol. The second-order valence-corrected chi connectivity index (χ2v) is 5.53. The Hall–Kier alpha value is -2.03. The highest BCUT2D eigenvalue weighted by Crippen LogP contribution is 2.28. The summed E-state index contributed by atoms with van der Waals surface area (Å²) < 4.78 is 6.01. The minimum Gasteiger partial charge on any atom is -0.487 e. The molecule has 21 heavy (non-hydrogen) atoms. The first-order valence-corrected chi connectivity index (χ1v) is 7.53. The first-order valence-electron chi connectivity index (χ1n) is 7.53. The maximum absolute atomic E-state index is 6.01. The van der Waals surface area contributed by atoms with Crippen molar-refractivity contribution in [2.45, 2.75) is 40.2 Å². The maximum Gasteiger partial charge on any atom is 0.130 e. The topological polar surface area (TPSA) is 34.1 Å². The molecule has 0 fully saturated rings. The van der Waals surface area contributed by atoms with E-state index >= 15 is 0 Å². The van der Waals surface area contributed by atoms with Gasteiger partial charge >= 0.3 is 0 Å². The van der Waals surface area contributed by atoms with Crippen molar-refractivity contribution in [3.63, 3.8) is 0 Å².